The van der Waals surface area contributed by atoms with Crippen molar-refractivity contribution < 1.29 is 14.6 Å². The Bertz CT molecular complexity index is 1320. The zero-order valence-corrected chi connectivity index (χ0v) is 24.8. The molecule has 3 aliphatic rings. The number of ether oxygens (including phenoxy) is 1. The first-order valence-electron chi connectivity index (χ1n) is 15.3. The van der Waals surface area contributed by atoms with Crippen LogP contribution in [0, 0.1) is 11.3 Å². The fourth-order valence-corrected chi connectivity index (χ4v) is 6.67. The minimum Gasteiger partial charge on any atom is -0.508 e. The number of amides is 1. The molecule has 0 unspecified atom stereocenters. The Hall–Kier alpha value is -3.84. The SMILES string of the molecule is C=CC(=O)N[C@@H](CC#N)CNc1nc(OC[C@@H]2CCCN2C(C)C)nc2c1CC[C@H](N1CCCc3ccc(O)cc31)C2. The van der Waals surface area contributed by atoms with E-state index in [0.29, 0.717) is 42.8 Å². The second-order valence-corrected chi connectivity index (χ2v) is 11.9. The van der Waals surface area contributed by atoms with Gasteiger partial charge in [0, 0.05) is 55.0 Å². The summed E-state index contributed by atoms with van der Waals surface area (Å²) in [5.74, 6) is 0.681. The molecule has 1 aromatic heterocycles. The van der Waals surface area contributed by atoms with Crippen LogP contribution in [-0.2, 0) is 24.1 Å². The molecule has 1 saturated heterocycles. The fourth-order valence-electron chi connectivity index (χ4n) is 6.67. The number of benzene rings is 1. The van der Waals surface area contributed by atoms with Gasteiger partial charge in [-0.05, 0) is 76.6 Å². The maximum absolute atomic E-state index is 11.9. The summed E-state index contributed by atoms with van der Waals surface area (Å²) < 4.78 is 6.28. The van der Waals surface area contributed by atoms with Crippen LogP contribution < -0.4 is 20.3 Å². The lowest BCUT2D eigenvalue weighted by Crippen LogP contribution is -2.43. The van der Waals surface area contributed by atoms with Gasteiger partial charge in [0.25, 0.3) is 0 Å². The maximum Gasteiger partial charge on any atom is 0.318 e. The van der Waals surface area contributed by atoms with Crippen LogP contribution >= 0.6 is 0 Å². The lowest BCUT2D eigenvalue weighted by Gasteiger charge is -2.40. The van der Waals surface area contributed by atoms with Crippen molar-refractivity contribution in [2.45, 2.75) is 89.4 Å². The van der Waals surface area contributed by atoms with Crippen LogP contribution in [0.5, 0.6) is 11.8 Å². The second-order valence-electron chi connectivity index (χ2n) is 11.9. The van der Waals surface area contributed by atoms with E-state index in [1.807, 2.05) is 12.1 Å². The first kappa shape index (κ1) is 29.6. The van der Waals surface area contributed by atoms with Gasteiger partial charge in [-0.3, -0.25) is 9.69 Å². The van der Waals surface area contributed by atoms with Gasteiger partial charge in [-0.25, -0.2) is 0 Å². The number of nitrogens with one attached hydrogen (secondary N) is 2. The molecule has 0 bridgehead atoms. The molecule has 5 rings (SSSR count). The molecule has 3 atom stereocenters. The normalized spacial score (nSPS) is 20.8. The van der Waals surface area contributed by atoms with Gasteiger partial charge in [0.15, 0.2) is 0 Å². The molecule has 2 aliphatic heterocycles. The van der Waals surface area contributed by atoms with Gasteiger partial charge in [0.2, 0.25) is 5.91 Å². The van der Waals surface area contributed by atoms with Crippen molar-refractivity contribution in [3.63, 3.8) is 0 Å². The number of aromatic nitrogens is 2. The Labute approximate surface area is 248 Å². The Morgan fingerprint density at radius 1 is 1.26 bits per heavy atom. The first-order chi connectivity index (χ1) is 20.4. The summed E-state index contributed by atoms with van der Waals surface area (Å²) in [5, 5.41) is 25.8. The van der Waals surface area contributed by atoms with Crippen LogP contribution in [0.1, 0.15) is 62.8 Å². The average molecular weight is 574 g/mol. The van der Waals surface area contributed by atoms with Crippen molar-refractivity contribution in [2.75, 3.05) is 36.5 Å². The van der Waals surface area contributed by atoms with Crippen molar-refractivity contribution in [1.29, 1.82) is 5.26 Å². The monoisotopic (exact) mass is 573 g/mol. The van der Waals surface area contributed by atoms with Gasteiger partial charge in [0.1, 0.15) is 18.2 Å². The zero-order chi connectivity index (χ0) is 29.6. The lowest BCUT2D eigenvalue weighted by atomic mass is 9.89. The Morgan fingerprint density at radius 3 is 2.90 bits per heavy atom. The minimum absolute atomic E-state index is 0.166. The van der Waals surface area contributed by atoms with Gasteiger partial charge < -0.3 is 25.4 Å². The summed E-state index contributed by atoms with van der Waals surface area (Å²) >= 11 is 0. The van der Waals surface area contributed by atoms with Crippen molar-refractivity contribution in [3.05, 3.63) is 47.7 Å². The van der Waals surface area contributed by atoms with Crippen molar-refractivity contribution in [2.24, 2.45) is 0 Å². The molecule has 10 nitrogen and oxygen atoms in total. The predicted octanol–water partition coefficient (Wildman–Crippen LogP) is 3.74. The quantitative estimate of drug-likeness (QED) is 0.345. The molecular formula is C32H43N7O3. The number of phenols is 1. The van der Waals surface area contributed by atoms with Gasteiger partial charge in [-0.15, -0.1) is 0 Å². The molecular weight excluding hydrogens is 530 g/mol. The number of fused-ring (bicyclic) bond motifs is 2. The highest BCUT2D eigenvalue weighted by atomic mass is 16.5. The third-order valence-corrected chi connectivity index (χ3v) is 8.77. The Morgan fingerprint density at radius 2 is 2.12 bits per heavy atom. The number of likely N-dealkylation sites (tertiary alicyclic amines) is 1. The standard InChI is InChI=1S/C32H43N7O3/c1-4-30(41)35-23(13-14-33)19-34-31-27-12-10-24(39-16-5-7-22-9-11-26(40)18-29(22)39)17-28(27)36-32(37-31)42-20-25-8-6-15-38(25)21(2)3/h4,9,11,18,21,23-25,40H,1,5-8,10,12-13,15-17,19-20H2,2-3H3,(H,35,41)(H,34,36,37)/t23-,24-,25-/m0/s1. The molecule has 0 radical (unpaired) electrons. The number of carbonyl (C=O) groups is 1. The van der Waals surface area contributed by atoms with Crippen molar-refractivity contribution in [1.82, 2.24) is 20.2 Å². The van der Waals surface area contributed by atoms with E-state index in [-0.39, 0.29) is 24.4 Å². The van der Waals surface area contributed by atoms with Crippen LogP contribution in [0.2, 0.25) is 0 Å². The van der Waals surface area contributed by atoms with E-state index in [0.717, 1.165) is 75.0 Å². The van der Waals surface area contributed by atoms with E-state index in [9.17, 15) is 15.2 Å². The number of hydrogen-bond acceptors (Lipinski definition) is 9. The summed E-state index contributed by atoms with van der Waals surface area (Å²) in [5.41, 5.74) is 4.41. The lowest BCUT2D eigenvalue weighted by molar-refractivity contribution is -0.117. The molecule has 1 aliphatic carbocycles. The molecule has 3 heterocycles. The number of hydrogen-bond donors (Lipinski definition) is 3. The van der Waals surface area contributed by atoms with Crippen LogP contribution in [0.25, 0.3) is 0 Å². The van der Waals surface area contributed by atoms with Crippen LogP contribution in [0.15, 0.2) is 30.9 Å². The number of rotatable bonds is 11. The first-order valence-corrected chi connectivity index (χ1v) is 15.3. The number of aryl methyl sites for hydroxylation is 1. The molecule has 1 amide bonds. The van der Waals surface area contributed by atoms with E-state index < -0.39 is 0 Å². The van der Waals surface area contributed by atoms with E-state index in [1.54, 1.807) is 6.07 Å². The van der Waals surface area contributed by atoms with Crippen LogP contribution in [0.4, 0.5) is 11.5 Å². The highest BCUT2D eigenvalue weighted by Crippen LogP contribution is 2.37. The van der Waals surface area contributed by atoms with E-state index in [1.165, 1.54) is 11.6 Å². The largest absolute Gasteiger partial charge is 0.508 e. The number of phenolic OH excluding ortho intramolecular Hbond substituents is 1. The second kappa shape index (κ2) is 13.4. The van der Waals surface area contributed by atoms with Gasteiger partial charge in [-0.2, -0.15) is 15.2 Å². The molecule has 2 aromatic rings. The summed E-state index contributed by atoms with van der Waals surface area (Å²) in [6.45, 7) is 10.9. The third-order valence-electron chi connectivity index (χ3n) is 8.77. The van der Waals surface area contributed by atoms with Gasteiger partial charge in [-0.1, -0.05) is 12.6 Å². The van der Waals surface area contributed by atoms with E-state index >= 15 is 0 Å². The summed E-state index contributed by atoms with van der Waals surface area (Å²) in [6.07, 6.45) is 8.20. The summed E-state index contributed by atoms with van der Waals surface area (Å²) in [4.78, 5) is 26.6. The molecule has 1 aromatic carbocycles. The number of nitriles is 1. The molecule has 1 fully saturated rings. The highest BCUT2D eigenvalue weighted by Gasteiger charge is 2.32. The highest BCUT2D eigenvalue weighted by molar-refractivity contribution is 5.87. The van der Waals surface area contributed by atoms with Gasteiger partial charge >= 0.3 is 6.01 Å². The molecule has 3 N–H and O–H groups in total. The molecule has 224 valence electrons. The number of anilines is 2. The van der Waals surface area contributed by atoms with E-state index in [2.05, 4.69) is 46.9 Å². The van der Waals surface area contributed by atoms with Gasteiger partial charge in [0.05, 0.1) is 24.2 Å². The van der Waals surface area contributed by atoms with Crippen molar-refractivity contribution >= 4 is 17.4 Å². The number of carbonyl (C=O) groups excluding carboxylic acids is 1. The van der Waals surface area contributed by atoms with Crippen molar-refractivity contribution in [3.8, 4) is 17.8 Å². The van der Waals surface area contributed by atoms with Crippen LogP contribution in [-0.4, -0.2) is 76.3 Å². The zero-order valence-electron chi connectivity index (χ0n) is 24.8. The predicted molar refractivity (Wildman–Crippen MR) is 163 cm³/mol. The topological polar surface area (TPSA) is 127 Å². The minimum atomic E-state index is -0.387. The Kier molecular flexibility index (Phi) is 9.48. The molecule has 0 spiro atoms. The molecule has 0 saturated carbocycles. The fraction of sp³-hybridized carbons (Fsp3) is 0.562. The third kappa shape index (κ3) is 6.79. The average Bonchev–Trinajstić information content (AvgIpc) is 3.47. The smallest absolute Gasteiger partial charge is 0.318 e. The van der Waals surface area contributed by atoms with Crippen LogP contribution in [0.3, 0.4) is 0 Å². The summed E-state index contributed by atoms with van der Waals surface area (Å²) in [7, 11) is 0. The molecule has 10 heteroatoms. The summed E-state index contributed by atoms with van der Waals surface area (Å²) in [6, 6.07) is 8.86. The number of aromatic hydroxyl groups is 1. The van der Waals surface area contributed by atoms with E-state index in [4.69, 9.17) is 14.7 Å². The molecule has 42 heavy (non-hydrogen) atoms. The maximum atomic E-state index is 11.9. The Balaban J connectivity index is 1.39. The number of nitrogens with zero attached hydrogens (tertiary/aromatic N) is 5.